The summed E-state index contributed by atoms with van der Waals surface area (Å²) in [6.07, 6.45) is 3.40. The Labute approximate surface area is 155 Å². The summed E-state index contributed by atoms with van der Waals surface area (Å²) in [4.78, 5) is 23.4. The molecular weight excluding hydrogens is 354 g/mol. The fraction of sp³-hybridized carbons (Fsp3) is 0.556. The van der Waals surface area contributed by atoms with Gasteiger partial charge in [0.1, 0.15) is 0 Å². The fourth-order valence-corrected chi connectivity index (χ4v) is 4.33. The van der Waals surface area contributed by atoms with Crippen LogP contribution < -0.4 is 10.6 Å². The van der Waals surface area contributed by atoms with Crippen LogP contribution in [0.3, 0.4) is 0 Å². The summed E-state index contributed by atoms with van der Waals surface area (Å²) in [6, 6.07) is 6.61. The second-order valence-corrected chi connectivity index (χ2v) is 8.68. The van der Waals surface area contributed by atoms with Gasteiger partial charge in [0.25, 0.3) is 0 Å². The highest BCUT2D eigenvalue weighted by Crippen LogP contribution is 2.20. The van der Waals surface area contributed by atoms with Gasteiger partial charge in [0.15, 0.2) is 0 Å². The van der Waals surface area contributed by atoms with Crippen molar-refractivity contribution in [2.45, 2.75) is 50.5 Å². The Kier molecular flexibility index (Phi) is 7.16. The Morgan fingerprint density at radius 1 is 1.04 bits per heavy atom. The van der Waals surface area contributed by atoms with Crippen molar-refractivity contribution in [3.63, 3.8) is 0 Å². The van der Waals surface area contributed by atoms with Crippen molar-refractivity contribution in [3.05, 3.63) is 29.8 Å². The molecule has 0 spiro atoms. The maximum Gasteiger partial charge on any atom is 0.309 e. The van der Waals surface area contributed by atoms with Gasteiger partial charge in [-0.3, -0.25) is 9.59 Å². The van der Waals surface area contributed by atoms with Crippen molar-refractivity contribution >= 4 is 21.8 Å². The number of nitrogens with one attached hydrogen (secondary N) is 2. The zero-order valence-corrected chi connectivity index (χ0v) is 16.1. The predicted molar refractivity (Wildman–Crippen MR) is 99.0 cm³/mol. The van der Waals surface area contributed by atoms with Crippen LogP contribution in [0.2, 0.25) is 0 Å². The summed E-state index contributed by atoms with van der Waals surface area (Å²) in [5.41, 5.74) is 0.896. The molecule has 26 heavy (non-hydrogen) atoms. The number of rotatable bonds is 6. The van der Waals surface area contributed by atoms with E-state index in [0.717, 1.165) is 24.8 Å². The van der Waals surface area contributed by atoms with Crippen molar-refractivity contribution < 1.29 is 18.0 Å². The molecule has 1 aliphatic heterocycles. The van der Waals surface area contributed by atoms with Crippen LogP contribution in [-0.4, -0.2) is 50.2 Å². The molecular formula is C18H27N3O4S. The van der Waals surface area contributed by atoms with Gasteiger partial charge in [0.2, 0.25) is 10.0 Å². The fourth-order valence-electron chi connectivity index (χ4n) is 2.81. The second-order valence-electron chi connectivity index (χ2n) is 6.74. The van der Waals surface area contributed by atoms with Gasteiger partial charge in [-0.2, -0.15) is 4.31 Å². The van der Waals surface area contributed by atoms with E-state index in [0.29, 0.717) is 31.0 Å². The molecule has 1 fully saturated rings. The van der Waals surface area contributed by atoms with Crippen LogP contribution in [0.1, 0.15) is 38.7 Å². The van der Waals surface area contributed by atoms with Crippen molar-refractivity contribution in [2.24, 2.45) is 0 Å². The molecule has 0 saturated carbocycles. The van der Waals surface area contributed by atoms with Crippen LogP contribution >= 0.6 is 0 Å². The quantitative estimate of drug-likeness (QED) is 0.720. The zero-order chi connectivity index (χ0) is 19.2. The minimum absolute atomic E-state index is 0.0948. The zero-order valence-electron chi connectivity index (χ0n) is 15.3. The molecule has 2 N–H and O–H groups in total. The molecule has 0 bridgehead atoms. The summed E-state index contributed by atoms with van der Waals surface area (Å²) < 4.78 is 26.7. The number of carbonyl (C=O) groups is 2. The predicted octanol–water partition coefficient (Wildman–Crippen LogP) is 1.04. The number of benzene rings is 1. The van der Waals surface area contributed by atoms with Crippen LogP contribution in [0.4, 0.5) is 0 Å². The third-order valence-electron chi connectivity index (χ3n) is 4.20. The van der Waals surface area contributed by atoms with Crippen molar-refractivity contribution in [2.75, 3.05) is 19.6 Å². The van der Waals surface area contributed by atoms with Gasteiger partial charge < -0.3 is 10.6 Å². The SMILES string of the molecule is CC(C)NC(=O)C(=O)NCCc1ccc(S(=O)(=O)N2CCCCC2)cc1. The van der Waals surface area contributed by atoms with Crippen molar-refractivity contribution in [3.8, 4) is 0 Å². The molecule has 1 aliphatic rings. The highest BCUT2D eigenvalue weighted by atomic mass is 32.2. The lowest BCUT2D eigenvalue weighted by molar-refractivity contribution is -0.139. The third kappa shape index (κ3) is 5.54. The minimum atomic E-state index is -3.42. The van der Waals surface area contributed by atoms with E-state index in [1.807, 2.05) is 0 Å². The Morgan fingerprint density at radius 3 is 2.23 bits per heavy atom. The minimum Gasteiger partial charge on any atom is -0.348 e. The number of nitrogens with zero attached hydrogens (tertiary/aromatic N) is 1. The first-order chi connectivity index (χ1) is 12.3. The van der Waals surface area contributed by atoms with E-state index in [-0.39, 0.29) is 6.04 Å². The second kappa shape index (κ2) is 9.14. The summed E-state index contributed by atoms with van der Waals surface area (Å²) in [5.74, 6) is -1.31. The van der Waals surface area contributed by atoms with Gasteiger partial charge in [0.05, 0.1) is 4.90 Å². The number of sulfonamides is 1. The van der Waals surface area contributed by atoms with Crippen molar-refractivity contribution in [1.29, 1.82) is 0 Å². The monoisotopic (exact) mass is 381 g/mol. The molecule has 0 unspecified atom stereocenters. The Hall–Kier alpha value is -1.93. The summed E-state index contributed by atoms with van der Waals surface area (Å²) in [5, 5.41) is 5.08. The van der Waals surface area contributed by atoms with Crippen molar-refractivity contribution in [1.82, 2.24) is 14.9 Å². The number of hydrogen-bond donors (Lipinski definition) is 2. The smallest absolute Gasteiger partial charge is 0.309 e. The molecule has 1 aromatic rings. The summed E-state index contributed by atoms with van der Waals surface area (Å²) in [6.45, 7) is 5.03. The van der Waals surface area contributed by atoms with Crippen LogP contribution in [0.15, 0.2) is 29.2 Å². The molecule has 1 saturated heterocycles. The molecule has 2 amide bonds. The van der Waals surface area contributed by atoms with Crippen LogP contribution in [0.25, 0.3) is 0 Å². The van der Waals surface area contributed by atoms with E-state index in [1.54, 1.807) is 42.4 Å². The lowest BCUT2D eigenvalue weighted by Crippen LogP contribution is -2.43. The number of piperidine rings is 1. The van der Waals surface area contributed by atoms with E-state index in [1.165, 1.54) is 0 Å². The topological polar surface area (TPSA) is 95.6 Å². The normalized spacial score (nSPS) is 15.7. The van der Waals surface area contributed by atoms with Gasteiger partial charge in [-0.05, 0) is 50.8 Å². The van der Waals surface area contributed by atoms with Gasteiger partial charge >= 0.3 is 11.8 Å². The molecule has 7 nitrogen and oxygen atoms in total. The van der Waals surface area contributed by atoms with Crippen LogP contribution in [0.5, 0.6) is 0 Å². The molecule has 1 heterocycles. The molecule has 0 aromatic heterocycles. The van der Waals surface area contributed by atoms with Gasteiger partial charge in [-0.1, -0.05) is 18.6 Å². The van der Waals surface area contributed by atoms with E-state index in [4.69, 9.17) is 0 Å². The lowest BCUT2D eigenvalue weighted by Gasteiger charge is -2.25. The van der Waals surface area contributed by atoms with Gasteiger partial charge in [-0.15, -0.1) is 0 Å². The summed E-state index contributed by atoms with van der Waals surface area (Å²) in [7, 11) is -3.42. The maximum atomic E-state index is 12.6. The molecule has 2 rings (SSSR count). The Morgan fingerprint density at radius 2 is 1.65 bits per heavy atom. The number of carbonyl (C=O) groups excluding carboxylic acids is 2. The first-order valence-corrected chi connectivity index (χ1v) is 10.4. The lowest BCUT2D eigenvalue weighted by atomic mass is 10.1. The number of hydrogen-bond acceptors (Lipinski definition) is 4. The van der Waals surface area contributed by atoms with Crippen LogP contribution in [-0.2, 0) is 26.0 Å². The maximum absolute atomic E-state index is 12.6. The first-order valence-electron chi connectivity index (χ1n) is 8.98. The average Bonchev–Trinajstić information content (AvgIpc) is 2.62. The van der Waals surface area contributed by atoms with Gasteiger partial charge in [-0.25, -0.2) is 8.42 Å². The molecule has 0 atom stereocenters. The van der Waals surface area contributed by atoms with E-state index in [2.05, 4.69) is 10.6 Å². The van der Waals surface area contributed by atoms with E-state index < -0.39 is 21.8 Å². The molecule has 8 heteroatoms. The Balaban J connectivity index is 1.87. The molecule has 0 aliphatic carbocycles. The average molecular weight is 381 g/mol. The largest absolute Gasteiger partial charge is 0.348 e. The summed E-state index contributed by atoms with van der Waals surface area (Å²) >= 11 is 0. The Bertz CT molecular complexity index is 723. The van der Waals surface area contributed by atoms with Gasteiger partial charge in [0, 0.05) is 25.7 Å². The third-order valence-corrected chi connectivity index (χ3v) is 6.11. The highest BCUT2D eigenvalue weighted by molar-refractivity contribution is 7.89. The first kappa shape index (κ1) is 20.4. The van der Waals surface area contributed by atoms with E-state index >= 15 is 0 Å². The molecule has 0 radical (unpaired) electrons. The number of amides is 2. The van der Waals surface area contributed by atoms with E-state index in [9.17, 15) is 18.0 Å². The highest BCUT2D eigenvalue weighted by Gasteiger charge is 2.25. The standard InChI is InChI=1S/C18H27N3O4S/c1-14(2)20-18(23)17(22)19-11-10-15-6-8-16(9-7-15)26(24,25)21-12-4-3-5-13-21/h6-9,14H,3-5,10-13H2,1-2H3,(H,19,22)(H,20,23). The molecule has 144 valence electrons. The van der Waals surface area contributed by atoms with Crippen LogP contribution in [0, 0.1) is 0 Å². The molecule has 1 aromatic carbocycles.